The van der Waals surface area contributed by atoms with E-state index in [0.29, 0.717) is 12.2 Å². The fourth-order valence-corrected chi connectivity index (χ4v) is 3.66. The van der Waals surface area contributed by atoms with Gasteiger partial charge in [0.05, 0.1) is 18.8 Å². The molecule has 0 aromatic heterocycles. The van der Waals surface area contributed by atoms with Crippen molar-refractivity contribution in [1.29, 1.82) is 0 Å². The molecular weight excluding hydrogens is 352 g/mol. The molecule has 0 radical (unpaired) electrons. The highest BCUT2D eigenvalue weighted by atomic mass is 16.5. The van der Waals surface area contributed by atoms with E-state index in [2.05, 4.69) is 51.3 Å². The van der Waals surface area contributed by atoms with E-state index in [0.717, 1.165) is 72.0 Å². The number of hydrogen-bond donors (Lipinski definition) is 0. The van der Waals surface area contributed by atoms with Crippen LogP contribution in [0.2, 0.25) is 0 Å². The summed E-state index contributed by atoms with van der Waals surface area (Å²) in [4.78, 5) is 5.02. The summed E-state index contributed by atoms with van der Waals surface area (Å²) in [5.41, 5.74) is 0.544. The van der Waals surface area contributed by atoms with Crippen LogP contribution in [0.15, 0.2) is 0 Å². The smallest absolute Gasteiger partial charge is 0.0829 e. The van der Waals surface area contributed by atoms with Gasteiger partial charge in [0.2, 0.25) is 0 Å². The van der Waals surface area contributed by atoms with Gasteiger partial charge >= 0.3 is 0 Å². The van der Waals surface area contributed by atoms with Crippen molar-refractivity contribution in [2.75, 3.05) is 59.2 Å². The lowest BCUT2D eigenvalue weighted by Crippen LogP contribution is -2.59. The van der Waals surface area contributed by atoms with Crippen LogP contribution in [0.4, 0.5) is 0 Å². The molecule has 2 fully saturated rings. The SMILES string of the molecule is CC(C)(C)COC1CCN(CCCOCCCOC2CN(C(C)(C)C)C2)CC1. The maximum absolute atomic E-state index is 6.06. The quantitative estimate of drug-likeness (QED) is 0.495. The maximum atomic E-state index is 6.06. The van der Waals surface area contributed by atoms with Gasteiger partial charge in [0.1, 0.15) is 0 Å². The largest absolute Gasteiger partial charge is 0.381 e. The summed E-state index contributed by atoms with van der Waals surface area (Å²) in [6, 6.07) is 0. The highest BCUT2D eigenvalue weighted by Gasteiger charge is 2.34. The van der Waals surface area contributed by atoms with Crippen molar-refractivity contribution >= 4 is 0 Å². The van der Waals surface area contributed by atoms with Gasteiger partial charge in [0.15, 0.2) is 0 Å². The average molecular weight is 399 g/mol. The molecule has 0 aromatic rings. The lowest BCUT2D eigenvalue weighted by atomic mass is 9.98. The lowest BCUT2D eigenvalue weighted by Gasteiger charge is -2.47. The van der Waals surface area contributed by atoms with Crippen LogP contribution in [0.5, 0.6) is 0 Å². The van der Waals surface area contributed by atoms with Crippen LogP contribution < -0.4 is 0 Å². The number of nitrogens with zero attached hydrogens (tertiary/aromatic N) is 2. The Balaban J connectivity index is 1.36. The van der Waals surface area contributed by atoms with Gasteiger partial charge in [-0.25, -0.2) is 0 Å². The lowest BCUT2D eigenvalue weighted by molar-refractivity contribution is -0.0916. The van der Waals surface area contributed by atoms with Crippen molar-refractivity contribution in [2.24, 2.45) is 5.41 Å². The summed E-state index contributed by atoms with van der Waals surface area (Å²) in [5, 5.41) is 0. The molecule has 2 rings (SSSR count). The Labute approximate surface area is 174 Å². The summed E-state index contributed by atoms with van der Waals surface area (Å²) in [6.07, 6.45) is 5.34. The van der Waals surface area contributed by atoms with Gasteiger partial charge < -0.3 is 19.1 Å². The number of rotatable bonds is 11. The van der Waals surface area contributed by atoms with Crippen molar-refractivity contribution in [2.45, 2.75) is 85.0 Å². The summed E-state index contributed by atoms with van der Waals surface area (Å²) in [6.45, 7) is 22.5. The van der Waals surface area contributed by atoms with Crippen LogP contribution in [0.3, 0.4) is 0 Å². The van der Waals surface area contributed by atoms with Crippen LogP contribution in [-0.4, -0.2) is 86.7 Å². The van der Waals surface area contributed by atoms with E-state index in [1.165, 1.54) is 12.8 Å². The van der Waals surface area contributed by atoms with Crippen LogP contribution in [-0.2, 0) is 14.2 Å². The van der Waals surface area contributed by atoms with Gasteiger partial charge in [0, 0.05) is 58.1 Å². The summed E-state index contributed by atoms with van der Waals surface area (Å²) in [5.74, 6) is 0. The molecule has 0 aromatic carbocycles. The first-order valence-corrected chi connectivity index (χ1v) is 11.4. The van der Waals surface area contributed by atoms with E-state index >= 15 is 0 Å². The van der Waals surface area contributed by atoms with E-state index in [4.69, 9.17) is 14.2 Å². The molecule has 0 unspecified atom stereocenters. The van der Waals surface area contributed by atoms with Crippen LogP contribution >= 0.6 is 0 Å². The molecule has 2 aliphatic rings. The predicted octanol–water partition coefficient (Wildman–Crippen LogP) is 3.81. The summed E-state index contributed by atoms with van der Waals surface area (Å²) in [7, 11) is 0. The average Bonchev–Trinajstić information content (AvgIpc) is 2.56. The maximum Gasteiger partial charge on any atom is 0.0829 e. The molecule has 0 spiro atoms. The Morgan fingerprint density at radius 3 is 2.04 bits per heavy atom. The van der Waals surface area contributed by atoms with Crippen LogP contribution in [0.1, 0.15) is 67.2 Å². The molecule has 0 amide bonds. The molecule has 28 heavy (non-hydrogen) atoms. The van der Waals surface area contributed by atoms with Gasteiger partial charge in [-0.1, -0.05) is 20.8 Å². The summed E-state index contributed by atoms with van der Waals surface area (Å²) < 4.78 is 17.8. The molecule has 0 aliphatic carbocycles. The van der Waals surface area contributed by atoms with Crippen molar-refractivity contribution < 1.29 is 14.2 Å². The normalized spacial score (nSPS) is 21.2. The Bertz CT molecular complexity index is 417. The number of likely N-dealkylation sites (tertiary alicyclic amines) is 2. The molecule has 2 saturated heterocycles. The van der Waals surface area contributed by atoms with Crippen molar-refractivity contribution in [3.63, 3.8) is 0 Å². The standard InChI is InChI=1S/C23H46N2O3/c1-22(2,3)19-28-20-9-12-24(13-10-20)11-7-14-26-15-8-16-27-21-17-25(18-21)23(4,5)6/h20-21H,7-19H2,1-6H3. The number of hydrogen-bond acceptors (Lipinski definition) is 5. The Hall–Kier alpha value is -0.200. The van der Waals surface area contributed by atoms with Crippen LogP contribution in [0.25, 0.3) is 0 Å². The van der Waals surface area contributed by atoms with E-state index in [9.17, 15) is 0 Å². The Kier molecular flexibility index (Phi) is 9.68. The fraction of sp³-hybridized carbons (Fsp3) is 1.00. The van der Waals surface area contributed by atoms with Crippen molar-refractivity contribution in [3.05, 3.63) is 0 Å². The van der Waals surface area contributed by atoms with Gasteiger partial charge in [-0.2, -0.15) is 0 Å². The first kappa shape index (κ1) is 24.1. The summed E-state index contributed by atoms with van der Waals surface area (Å²) >= 11 is 0. The zero-order valence-corrected chi connectivity index (χ0v) is 19.5. The van der Waals surface area contributed by atoms with E-state index in [1.807, 2.05) is 0 Å². The van der Waals surface area contributed by atoms with Crippen molar-refractivity contribution in [3.8, 4) is 0 Å². The van der Waals surface area contributed by atoms with E-state index in [-0.39, 0.29) is 11.0 Å². The minimum atomic E-state index is 0.268. The minimum Gasteiger partial charge on any atom is -0.381 e. The van der Waals surface area contributed by atoms with Gasteiger partial charge in [-0.15, -0.1) is 0 Å². The van der Waals surface area contributed by atoms with Crippen molar-refractivity contribution in [1.82, 2.24) is 9.80 Å². The molecule has 5 heteroatoms. The molecule has 0 saturated carbocycles. The third-order valence-electron chi connectivity index (χ3n) is 5.63. The molecule has 0 bridgehead atoms. The highest BCUT2D eigenvalue weighted by molar-refractivity contribution is 4.89. The van der Waals surface area contributed by atoms with Gasteiger partial charge in [-0.05, 0) is 51.9 Å². The van der Waals surface area contributed by atoms with E-state index in [1.54, 1.807) is 0 Å². The van der Waals surface area contributed by atoms with Crippen LogP contribution in [0, 0.1) is 5.41 Å². The third kappa shape index (κ3) is 9.53. The number of ether oxygens (including phenoxy) is 3. The molecular formula is C23H46N2O3. The van der Waals surface area contributed by atoms with Gasteiger partial charge in [-0.3, -0.25) is 4.90 Å². The number of piperidine rings is 1. The Morgan fingerprint density at radius 1 is 0.786 bits per heavy atom. The topological polar surface area (TPSA) is 34.2 Å². The first-order chi connectivity index (χ1) is 13.1. The monoisotopic (exact) mass is 398 g/mol. The van der Waals surface area contributed by atoms with Gasteiger partial charge in [0.25, 0.3) is 0 Å². The zero-order chi connectivity index (χ0) is 20.6. The molecule has 5 nitrogen and oxygen atoms in total. The molecule has 0 N–H and O–H groups in total. The second-order valence-corrected chi connectivity index (χ2v) is 10.8. The first-order valence-electron chi connectivity index (χ1n) is 11.4. The zero-order valence-electron chi connectivity index (χ0n) is 19.5. The Morgan fingerprint density at radius 2 is 1.43 bits per heavy atom. The fourth-order valence-electron chi connectivity index (χ4n) is 3.66. The second-order valence-electron chi connectivity index (χ2n) is 10.8. The second kappa shape index (κ2) is 11.3. The molecule has 0 atom stereocenters. The molecule has 2 aliphatic heterocycles. The minimum absolute atomic E-state index is 0.268. The van der Waals surface area contributed by atoms with E-state index < -0.39 is 0 Å². The third-order valence-corrected chi connectivity index (χ3v) is 5.63. The highest BCUT2D eigenvalue weighted by Crippen LogP contribution is 2.23. The molecule has 2 heterocycles. The predicted molar refractivity (Wildman–Crippen MR) is 116 cm³/mol. The molecule has 166 valence electrons.